The van der Waals surface area contributed by atoms with Crippen LogP contribution < -0.4 is 4.74 Å². The molecule has 0 heterocycles. The Balaban J connectivity index is 2.66. The standard InChI is InChI=1S/C14H16O3/c1-3-6-12-7-4-5-8-13(12)17-10-9-11(2)14(15)16/h3-5,7-9H,1,6,10H2,2H3,(H,15,16). The topological polar surface area (TPSA) is 46.5 Å². The molecule has 1 aromatic carbocycles. The number of hydrogen-bond donors (Lipinski definition) is 1. The molecule has 1 N–H and O–H groups in total. The summed E-state index contributed by atoms with van der Waals surface area (Å²) < 4.78 is 5.52. The molecule has 1 rings (SSSR count). The molecule has 0 aliphatic carbocycles. The molecule has 0 atom stereocenters. The van der Waals surface area contributed by atoms with Gasteiger partial charge in [-0.15, -0.1) is 6.58 Å². The van der Waals surface area contributed by atoms with Crippen molar-refractivity contribution in [3.05, 3.63) is 54.1 Å². The largest absolute Gasteiger partial charge is 0.489 e. The highest BCUT2D eigenvalue weighted by atomic mass is 16.5. The number of carboxylic acids is 1. The summed E-state index contributed by atoms with van der Waals surface area (Å²) in [7, 11) is 0. The van der Waals surface area contributed by atoms with Crippen LogP contribution in [-0.2, 0) is 11.2 Å². The van der Waals surface area contributed by atoms with E-state index in [1.807, 2.05) is 24.3 Å². The first-order valence-electron chi connectivity index (χ1n) is 5.36. The van der Waals surface area contributed by atoms with Crippen LogP contribution in [0.4, 0.5) is 0 Å². The van der Waals surface area contributed by atoms with Crippen LogP contribution in [-0.4, -0.2) is 17.7 Å². The van der Waals surface area contributed by atoms with Gasteiger partial charge in [0.25, 0.3) is 0 Å². The molecule has 0 bridgehead atoms. The molecular formula is C14H16O3. The van der Waals surface area contributed by atoms with Crippen molar-refractivity contribution in [1.82, 2.24) is 0 Å². The first-order chi connectivity index (χ1) is 8.15. The second-order valence-corrected chi connectivity index (χ2v) is 3.60. The number of para-hydroxylation sites is 1. The Bertz CT molecular complexity index is 433. The molecule has 0 unspecified atom stereocenters. The van der Waals surface area contributed by atoms with Gasteiger partial charge in [0.05, 0.1) is 0 Å². The third-order valence-electron chi connectivity index (χ3n) is 2.30. The zero-order chi connectivity index (χ0) is 12.7. The van der Waals surface area contributed by atoms with Gasteiger partial charge in [-0.2, -0.15) is 0 Å². The van der Waals surface area contributed by atoms with Crippen molar-refractivity contribution in [1.29, 1.82) is 0 Å². The van der Waals surface area contributed by atoms with E-state index in [-0.39, 0.29) is 12.2 Å². The van der Waals surface area contributed by atoms with Crippen LogP contribution in [0.25, 0.3) is 0 Å². The van der Waals surface area contributed by atoms with E-state index in [2.05, 4.69) is 6.58 Å². The summed E-state index contributed by atoms with van der Waals surface area (Å²) >= 11 is 0. The highest BCUT2D eigenvalue weighted by Crippen LogP contribution is 2.18. The number of allylic oxidation sites excluding steroid dienone is 1. The van der Waals surface area contributed by atoms with E-state index in [1.54, 1.807) is 19.1 Å². The fourth-order valence-corrected chi connectivity index (χ4v) is 1.31. The second-order valence-electron chi connectivity index (χ2n) is 3.60. The lowest BCUT2D eigenvalue weighted by atomic mass is 10.1. The summed E-state index contributed by atoms with van der Waals surface area (Å²) in [6, 6.07) is 7.65. The van der Waals surface area contributed by atoms with E-state index in [1.165, 1.54) is 0 Å². The van der Waals surface area contributed by atoms with Crippen molar-refractivity contribution in [2.75, 3.05) is 6.61 Å². The molecule has 0 saturated heterocycles. The average Bonchev–Trinajstić information content (AvgIpc) is 2.31. The van der Waals surface area contributed by atoms with Crippen LogP contribution in [0.2, 0.25) is 0 Å². The molecule has 90 valence electrons. The molecule has 0 aliphatic heterocycles. The smallest absolute Gasteiger partial charge is 0.331 e. The monoisotopic (exact) mass is 232 g/mol. The minimum Gasteiger partial charge on any atom is -0.489 e. The van der Waals surface area contributed by atoms with Gasteiger partial charge in [0.2, 0.25) is 0 Å². The van der Waals surface area contributed by atoms with Gasteiger partial charge in [-0.3, -0.25) is 0 Å². The first kappa shape index (κ1) is 13.0. The third-order valence-corrected chi connectivity index (χ3v) is 2.30. The quantitative estimate of drug-likeness (QED) is 0.606. The zero-order valence-electron chi connectivity index (χ0n) is 9.85. The SMILES string of the molecule is C=CCc1ccccc1OCC=C(C)C(=O)O. The number of ether oxygens (including phenoxy) is 1. The van der Waals surface area contributed by atoms with Crippen LogP contribution in [0.1, 0.15) is 12.5 Å². The number of hydrogen-bond acceptors (Lipinski definition) is 2. The summed E-state index contributed by atoms with van der Waals surface area (Å²) in [4.78, 5) is 10.6. The van der Waals surface area contributed by atoms with Gasteiger partial charge in [-0.1, -0.05) is 24.3 Å². The van der Waals surface area contributed by atoms with Crippen molar-refractivity contribution in [3.63, 3.8) is 0 Å². The minimum atomic E-state index is -0.923. The van der Waals surface area contributed by atoms with E-state index in [0.29, 0.717) is 0 Å². The Morgan fingerprint density at radius 1 is 1.47 bits per heavy atom. The van der Waals surface area contributed by atoms with E-state index in [9.17, 15) is 4.79 Å². The lowest BCUT2D eigenvalue weighted by Crippen LogP contribution is -2.02. The fraction of sp³-hybridized carbons (Fsp3) is 0.214. The van der Waals surface area contributed by atoms with E-state index >= 15 is 0 Å². The summed E-state index contributed by atoms with van der Waals surface area (Å²) in [6.45, 7) is 5.48. The Kier molecular flexibility index (Phi) is 5.01. The highest BCUT2D eigenvalue weighted by molar-refractivity contribution is 5.85. The molecule has 0 amide bonds. The van der Waals surface area contributed by atoms with E-state index < -0.39 is 5.97 Å². The highest BCUT2D eigenvalue weighted by Gasteiger charge is 2.01. The van der Waals surface area contributed by atoms with Gasteiger partial charge in [0.1, 0.15) is 12.4 Å². The number of aliphatic carboxylic acids is 1. The molecule has 0 saturated carbocycles. The lowest BCUT2D eigenvalue weighted by Gasteiger charge is -2.08. The normalized spacial score (nSPS) is 11.0. The number of carboxylic acid groups (broad SMARTS) is 1. The average molecular weight is 232 g/mol. The minimum absolute atomic E-state index is 0.256. The number of carbonyl (C=O) groups is 1. The van der Waals surface area contributed by atoms with E-state index in [0.717, 1.165) is 17.7 Å². The third kappa shape index (κ3) is 4.15. The Morgan fingerprint density at radius 2 is 2.18 bits per heavy atom. The second kappa shape index (κ2) is 6.53. The summed E-state index contributed by atoms with van der Waals surface area (Å²) in [6.07, 6.45) is 4.09. The fourth-order valence-electron chi connectivity index (χ4n) is 1.31. The Morgan fingerprint density at radius 3 is 2.82 bits per heavy atom. The summed E-state index contributed by atoms with van der Waals surface area (Å²) in [5.41, 5.74) is 1.33. The molecule has 0 spiro atoms. The van der Waals surface area contributed by atoms with Crippen molar-refractivity contribution in [3.8, 4) is 5.75 Å². The lowest BCUT2D eigenvalue weighted by molar-refractivity contribution is -0.132. The van der Waals surface area contributed by atoms with Crippen molar-refractivity contribution < 1.29 is 14.6 Å². The molecule has 1 aromatic rings. The van der Waals surface area contributed by atoms with Crippen molar-refractivity contribution >= 4 is 5.97 Å². The van der Waals surface area contributed by atoms with Crippen LogP contribution in [0.15, 0.2) is 48.6 Å². The van der Waals surface area contributed by atoms with Gasteiger partial charge < -0.3 is 9.84 Å². The molecular weight excluding hydrogens is 216 g/mol. The van der Waals surface area contributed by atoms with Crippen LogP contribution in [0.5, 0.6) is 5.75 Å². The summed E-state index contributed by atoms with van der Waals surface area (Å²) in [5.74, 6) is -0.158. The van der Waals surface area contributed by atoms with Gasteiger partial charge in [-0.25, -0.2) is 4.79 Å². The van der Waals surface area contributed by atoms with Crippen LogP contribution in [0, 0.1) is 0 Å². The molecule has 3 heteroatoms. The van der Waals surface area contributed by atoms with Crippen molar-refractivity contribution in [2.24, 2.45) is 0 Å². The maximum Gasteiger partial charge on any atom is 0.331 e. The van der Waals surface area contributed by atoms with Crippen molar-refractivity contribution in [2.45, 2.75) is 13.3 Å². The summed E-state index contributed by atoms with van der Waals surface area (Å²) in [5, 5.41) is 8.68. The van der Waals surface area contributed by atoms with Crippen LogP contribution >= 0.6 is 0 Å². The molecule has 0 fully saturated rings. The Labute approximate surface area is 101 Å². The molecule has 0 aromatic heterocycles. The maximum atomic E-state index is 10.6. The van der Waals surface area contributed by atoms with Crippen LogP contribution in [0.3, 0.4) is 0 Å². The van der Waals surface area contributed by atoms with Gasteiger partial charge in [0, 0.05) is 5.57 Å². The van der Waals surface area contributed by atoms with Gasteiger partial charge in [-0.05, 0) is 31.1 Å². The molecule has 17 heavy (non-hydrogen) atoms. The number of benzene rings is 1. The zero-order valence-corrected chi connectivity index (χ0v) is 9.85. The maximum absolute atomic E-state index is 10.6. The molecule has 0 aliphatic rings. The molecule has 3 nitrogen and oxygen atoms in total. The van der Waals surface area contributed by atoms with Gasteiger partial charge in [0.15, 0.2) is 0 Å². The predicted octanol–water partition coefficient (Wildman–Crippen LogP) is 2.82. The van der Waals surface area contributed by atoms with Gasteiger partial charge >= 0.3 is 5.97 Å². The predicted molar refractivity (Wildman–Crippen MR) is 67.2 cm³/mol. The number of rotatable bonds is 6. The van der Waals surface area contributed by atoms with E-state index in [4.69, 9.17) is 9.84 Å². The molecule has 0 radical (unpaired) electrons. The first-order valence-corrected chi connectivity index (χ1v) is 5.36. The Hall–Kier alpha value is -2.03.